The van der Waals surface area contributed by atoms with E-state index in [4.69, 9.17) is 0 Å². The zero-order valence-corrected chi connectivity index (χ0v) is 18.7. The van der Waals surface area contributed by atoms with Crippen molar-refractivity contribution in [3.05, 3.63) is 111 Å². The van der Waals surface area contributed by atoms with Crippen molar-refractivity contribution >= 4 is 3.27 Å². The van der Waals surface area contributed by atoms with Gasteiger partial charge < -0.3 is 0 Å². The molecule has 0 aromatic heterocycles. The molecule has 0 atom stereocenters. The van der Waals surface area contributed by atoms with Crippen molar-refractivity contribution in [3.63, 3.8) is 0 Å². The summed E-state index contributed by atoms with van der Waals surface area (Å²) in [5.41, 5.74) is 7.60. The van der Waals surface area contributed by atoms with Crippen LogP contribution in [0.1, 0.15) is 29.5 Å². The zero-order valence-electron chi connectivity index (χ0n) is 16.2. The first-order valence-electron chi connectivity index (χ1n) is 10.4. The molecule has 1 heteroatoms. The van der Waals surface area contributed by atoms with E-state index in [-0.39, 0.29) is 0 Å². The fourth-order valence-corrected chi connectivity index (χ4v) is 12.1. The predicted molar refractivity (Wildman–Crippen MR) is 116 cm³/mol. The van der Waals surface area contributed by atoms with E-state index in [2.05, 4.69) is 91.0 Å². The fourth-order valence-electron chi connectivity index (χ4n) is 4.69. The van der Waals surface area contributed by atoms with Gasteiger partial charge in [0.1, 0.15) is 0 Å². The second-order valence-corrected chi connectivity index (χ2v) is 14.3. The molecule has 0 aliphatic heterocycles. The summed E-state index contributed by atoms with van der Waals surface area (Å²) in [5.74, 6) is 0. The van der Waals surface area contributed by atoms with Crippen LogP contribution in [0.15, 0.2) is 94.3 Å². The summed E-state index contributed by atoms with van der Waals surface area (Å²) in [7, 11) is 0. The maximum atomic E-state index is 2.47. The van der Waals surface area contributed by atoms with Gasteiger partial charge in [0.2, 0.25) is 0 Å². The van der Waals surface area contributed by atoms with E-state index >= 15 is 0 Å². The first-order valence-corrected chi connectivity index (χ1v) is 14.6. The normalized spacial score (nSPS) is 13.9. The molecule has 0 N–H and O–H groups in total. The number of fused-ring (bicyclic) bond motifs is 3. The van der Waals surface area contributed by atoms with E-state index in [1.807, 2.05) is 0 Å². The topological polar surface area (TPSA) is 0 Å². The number of hydrogen-bond donors (Lipinski definition) is 0. The van der Waals surface area contributed by atoms with Gasteiger partial charge in [-0.15, -0.1) is 0 Å². The van der Waals surface area contributed by atoms with Crippen LogP contribution in [0.3, 0.4) is 0 Å². The van der Waals surface area contributed by atoms with Gasteiger partial charge in [-0.3, -0.25) is 0 Å². The van der Waals surface area contributed by atoms with E-state index in [1.165, 1.54) is 45.6 Å². The molecule has 2 aliphatic rings. The van der Waals surface area contributed by atoms with Crippen molar-refractivity contribution in [2.75, 3.05) is 0 Å². The molecule has 0 amide bonds. The quantitative estimate of drug-likeness (QED) is 0.326. The molecule has 0 nitrogen and oxygen atoms in total. The zero-order chi connectivity index (χ0) is 18.8. The fraction of sp³-hybridized carbons (Fsp3) is 0.185. The molecular weight excluding hydrogens is 416 g/mol. The van der Waals surface area contributed by atoms with Gasteiger partial charge in [0.05, 0.1) is 0 Å². The number of hydrogen-bond acceptors (Lipinski definition) is 0. The number of rotatable bonds is 6. The maximum absolute atomic E-state index is 2.47. The second kappa shape index (κ2) is 8.18. The van der Waals surface area contributed by atoms with Crippen molar-refractivity contribution in [3.8, 4) is 11.1 Å². The molecule has 0 radical (unpaired) electrons. The third kappa shape index (κ3) is 3.53. The van der Waals surface area contributed by atoms with Crippen LogP contribution in [0.2, 0.25) is 4.13 Å². The summed E-state index contributed by atoms with van der Waals surface area (Å²) in [5, 5.41) is 0. The van der Waals surface area contributed by atoms with E-state index in [0.29, 0.717) is 0 Å². The molecular formula is C27H25Zr. The Labute approximate surface area is 176 Å². The monoisotopic (exact) mass is 439 g/mol. The molecule has 0 heterocycles. The van der Waals surface area contributed by atoms with Crippen molar-refractivity contribution in [2.45, 2.75) is 29.8 Å². The minimum atomic E-state index is -1.87. The van der Waals surface area contributed by atoms with Gasteiger partial charge in [-0.25, -0.2) is 0 Å². The average Bonchev–Trinajstić information content (AvgIpc) is 3.40. The molecule has 28 heavy (non-hydrogen) atoms. The number of aryl methyl sites for hydroxylation is 1. The Hall–Kier alpha value is -1.98. The predicted octanol–water partition coefficient (Wildman–Crippen LogP) is 6.40. The van der Waals surface area contributed by atoms with Gasteiger partial charge in [-0.2, -0.15) is 0 Å². The molecule has 3 aromatic carbocycles. The van der Waals surface area contributed by atoms with Gasteiger partial charge in [0.25, 0.3) is 0 Å². The summed E-state index contributed by atoms with van der Waals surface area (Å²) >= 11 is -1.87. The van der Waals surface area contributed by atoms with Crippen LogP contribution in [-0.2, 0) is 34.6 Å². The van der Waals surface area contributed by atoms with Crippen molar-refractivity contribution in [1.29, 1.82) is 0 Å². The van der Waals surface area contributed by atoms with E-state index in [0.717, 1.165) is 6.42 Å². The standard InChI is InChI=1S/C13H9.C9H11.C5H5.Zr/c1-3-7-12-10(5-1)9-11-6-2-4-8-13(11)12;1-2-6-9-7-4-3-5-8-9;1-2-4-5-3-1;/h1-5,7-8H,9H2;3-5,7-8H,1-2,6H2;1-3H,4H2;. The Bertz CT molecular complexity index is 1040. The summed E-state index contributed by atoms with van der Waals surface area (Å²) in [4.78, 5) is 0. The molecule has 0 fully saturated rings. The van der Waals surface area contributed by atoms with Crippen LogP contribution < -0.4 is 3.27 Å². The molecule has 0 saturated carbocycles. The van der Waals surface area contributed by atoms with Crippen LogP contribution in [0.5, 0.6) is 0 Å². The van der Waals surface area contributed by atoms with Crippen molar-refractivity contribution < 1.29 is 21.8 Å². The average molecular weight is 441 g/mol. The van der Waals surface area contributed by atoms with Crippen molar-refractivity contribution in [2.24, 2.45) is 0 Å². The van der Waals surface area contributed by atoms with Crippen molar-refractivity contribution in [1.82, 2.24) is 0 Å². The molecule has 0 bridgehead atoms. The van der Waals surface area contributed by atoms with Crippen LogP contribution in [0.4, 0.5) is 0 Å². The molecule has 0 saturated heterocycles. The van der Waals surface area contributed by atoms with Crippen LogP contribution in [-0.4, -0.2) is 0 Å². The molecule has 0 spiro atoms. The summed E-state index contributed by atoms with van der Waals surface area (Å²) < 4.78 is 4.94. The number of benzene rings is 3. The first kappa shape index (κ1) is 18.1. The van der Waals surface area contributed by atoms with E-state index < -0.39 is 21.8 Å². The molecule has 0 unspecified atom stereocenters. The van der Waals surface area contributed by atoms with Gasteiger partial charge in [-0.1, -0.05) is 0 Å². The minimum absolute atomic E-state index is 1.13. The number of allylic oxidation sites excluding steroid dienone is 4. The van der Waals surface area contributed by atoms with Gasteiger partial charge in [0.15, 0.2) is 0 Å². The van der Waals surface area contributed by atoms with Crippen LogP contribution in [0, 0.1) is 0 Å². The van der Waals surface area contributed by atoms with E-state index in [9.17, 15) is 0 Å². The third-order valence-corrected chi connectivity index (χ3v) is 13.7. The molecule has 137 valence electrons. The van der Waals surface area contributed by atoms with Gasteiger partial charge in [0, 0.05) is 0 Å². The molecule has 3 aromatic rings. The Kier molecular flexibility index (Phi) is 5.28. The molecule has 2 aliphatic carbocycles. The van der Waals surface area contributed by atoms with Crippen LogP contribution in [0.25, 0.3) is 11.1 Å². The summed E-state index contributed by atoms with van der Waals surface area (Å²) in [6.45, 7) is 0. The Morgan fingerprint density at radius 3 is 2.46 bits per heavy atom. The third-order valence-electron chi connectivity index (χ3n) is 6.07. The summed E-state index contributed by atoms with van der Waals surface area (Å²) in [6.07, 6.45) is 11.9. The Morgan fingerprint density at radius 1 is 0.786 bits per heavy atom. The Morgan fingerprint density at radius 2 is 1.61 bits per heavy atom. The SMILES string of the molecule is C1=CC[C]([Zr]([CH2]CCc2ccccc2)[c]2cccc3c2Cc2ccccc2-3)=C1. The second-order valence-electron chi connectivity index (χ2n) is 7.81. The van der Waals surface area contributed by atoms with Gasteiger partial charge >= 0.3 is 177 Å². The summed E-state index contributed by atoms with van der Waals surface area (Å²) in [6, 6.07) is 27.1. The van der Waals surface area contributed by atoms with Gasteiger partial charge in [-0.05, 0) is 0 Å². The Balaban J connectivity index is 1.44. The van der Waals surface area contributed by atoms with Crippen LogP contribution >= 0.6 is 0 Å². The molecule has 5 rings (SSSR count). The van der Waals surface area contributed by atoms with E-state index in [1.54, 1.807) is 12.1 Å². The first-order chi connectivity index (χ1) is 13.9.